The molecule has 1 aliphatic rings. The lowest BCUT2D eigenvalue weighted by Crippen LogP contribution is -2.30. The van der Waals surface area contributed by atoms with Crippen molar-refractivity contribution in [1.29, 1.82) is 0 Å². The van der Waals surface area contributed by atoms with E-state index in [9.17, 15) is 4.79 Å². The van der Waals surface area contributed by atoms with Crippen LogP contribution in [0.3, 0.4) is 0 Å². The molecule has 132 valence electrons. The molecule has 0 spiro atoms. The second-order valence-electron chi connectivity index (χ2n) is 6.81. The first kappa shape index (κ1) is 16.5. The molecule has 4 rings (SSSR count). The van der Waals surface area contributed by atoms with Crippen LogP contribution in [0.5, 0.6) is 0 Å². The molecular weight excluding hydrogens is 324 g/mol. The summed E-state index contributed by atoms with van der Waals surface area (Å²) in [6.07, 6.45) is 3.17. The summed E-state index contributed by atoms with van der Waals surface area (Å²) in [4.78, 5) is 14.7. The summed E-state index contributed by atoms with van der Waals surface area (Å²) >= 11 is 0. The first-order valence-corrected chi connectivity index (χ1v) is 8.99. The van der Waals surface area contributed by atoms with Gasteiger partial charge in [0, 0.05) is 18.7 Å². The van der Waals surface area contributed by atoms with Crippen molar-refractivity contribution in [2.24, 2.45) is 0 Å². The third-order valence-electron chi connectivity index (χ3n) is 5.12. The molecule has 0 aliphatic carbocycles. The normalized spacial score (nSPS) is 16.8. The lowest BCUT2D eigenvalue weighted by Gasteiger charge is -2.18. The lowest BCUT2D eigenvalue weighted by atomic mass is 10.1. The summed E-state index contributed by atoms with van der Waals surface area (Å²) in [5.74, 6) is 1.06. The Morgan fingerprint density at radius 3 is 2.69 bits per heavy atom. The molecule has 1 aliphatic heterocycles. The van der Waals surface area contributed by atoms with Crippen LogP contribution < -0.4 is 0 Å². The molecule has 5 nitrogen and oxygen atoms in total. The maximum atomic E-state index is 12.7. The van der Waals surface area contributed by atoms with Gasteiger partial charge in [0.05, 0.1) is 12.5 Å². The number of carbonyl (C=O) groups excluding carboxylic acids is 1. The van der Waals surface area contributed by atoms with Crippen molar-refractivity contribution in [2.45, 2.75) is 25.8 Å². The highest BCUT2D eigenvalue weighted by molar-refractivity contribution is 5.79. The Labute approximate surface area is 153 Å². The first-order chi connectivity index (χ1) is 12.7. The van der Waals surface area contributed by atoms with Gasteiger partial charge in [-0.3, -0.25) is 4.79 Å². The largest absolute Gasteiger partial charge is 0.340 e. The van der Waals surface area contributed by atoms with Crippen molar-refractivity contribution >= 4 is 5.91 Å². The minimum atomic E-state index is 0.191. The van der Waals surface area contributed by atoms with Crippen LogP contribution >= 0.6 is 0 Å². The van der Waals surface area contributed by atoms with Crippen molar-refractivity contribution in [1.82, 2.24) is 19.7 Å². The van der Waals surface area contributed by atoms with Gasteiger partial charge in [-0.05, 0) is 24.5 Å². The summed E-state index contributed by atoms with van der Waals surface area (Å²) in [5.41, 5.74) is 3.33. The van der Waals surface area contributed by atoms with Crippen molar-refractivity contribution in [3.63, 3.8) is 0 Å². The minimum Gasteiger partial charge on any atom is -0.340 e. The summed E-state index contributed by atoms with van der Waals surface area (Å²) in [6.45, 7) is 3.54. The fourth-order valence-corrected chi connectivity index (χ4v) is 3.58. The summed E-state index contributed by atoms with van der Waals surface area (Å²) in [6, 6.07) is 18.4. The Morgan fingerprint density at radius 1 is 1.12 bits per heavy atom. The molecule has 0 N–H and O–H groups in total. The topological polar surface area (TPSA) is 51.0 Å². The Bertz CT molecular complexity index is 903. The van der Waals surface area contributed by atoms with Crippen LogP contribution in [-0.2, 0) is 11.2 Å². The van der Waals surface area contributed by atoms with E-state index in [0.29, 0.717) is 13.0 Å². The number of aryl methyl sites for hydroxylation is 1. The quantitative estimate of drug-likeness (QED) is 0.728. The molecule has 1 saturated heterocycles. The summed E-state index contributed by atoms with van der Waals surface area (Å²) < 4.78 is 2.11. The van der Waals surface area contributed by atoms with Crippen LogP contribution in [-0.4, -0.2) is 38.7 Å². The van der Waals surface area contributed by atoms with Gasteiger partial charge in [0.1, 0.15) is 6.33 Å². The van der Waals surface area contributed by atoms with Crippen LogP contribution in [0.4, 0.5) is 0 Å². The molecule has 2 aromatic carbocycles. The molecule has 1 amide bonds. The van der Waals surface area contributed by atoms with Crippen LogP contribution in [0.1, 0.15) is 23.6 Å². The van der Waals surface area contributed by atoms with E-state index < -0.39 is 0 Å². The number of hydrogen-bond acceptors (Lipinski definition) is 3. The molecule has 0 radical (unpaired) electrons. The third kappa shape index (κ3) is 3.25. The Hall–Kier alpha value is -2.95. The van der Waals surface area contributed by atoms with Gasteiger partial charge in [-0.2, -0.15) is 0 Å². The molecule has 0 saturated carbocycles. The molecule has 0 bridgehead atoms. The second-order valence-corrected chi connectivity index (χ2v) is 6.81. The van der Waals surface area contributed by atoms with Crippen LogP contribution in [0.2, 0.25) is 0 Å². The van der Waals surface area contributed by atoms with E-state index in [1.54, 1.807) is 6.33 Å². The summed E-state index contributed by atoms with van der Waals surface area (Å²) in [5, 5.41) is 8.39. The number of likely N-dealkylation sites (tertiary alicyclic amines) is 1. The molecule has 1 atom stereocenters. The van der Waals surface area contributed by atoms with Gasteiger partial charge in [-0.15, -0.1) is 10.2 Å². The number of hydrogen-bond donors (Lipinski definition) is 0. The molecule has 1 fully saturated rings. The van der Waals surface area contributed by atoms with Gasteiger partial charge in [0.2, 0.25) is 5.91 Å². The van der Waals surface area contributed by atoms with Gasteiger partial charge in [-0.25, -0.2) is 0 Å². The zero-order chi connectivity index (χ0) is 17.9. The number of rotatable bonds is 4. The van der Waals surface area contributed by atoms with Crippen molar-refractivity contribution in [3.05, 3.63) is 72.1 Å². The first-order valence-electron chi connectivity index (χ1n) is 8.99. The maximum Gasteiger partial charge on any atom is 0.227 e. The van der Waals surface area contributed by atoms with Gasteiger partial charge in [0.25, 0.3) is 0 Å². The van der Waals surface area contributed by atoms with Gasteiger partial charge in [0.15, 0.2) is 5.82 Å². The predicted molar refractivity (Wildman–Crippen MR) is 101 cm³/mol. The van der Waals surface area contributed by atoms with E-state index >= 15 is 0 Å². The standard InChI is InChI=1S/C21H22N4O/c1-16-7-5-6-10-18(16)13-20(26)24-12-11-19(14-24)25-15-22-23-21(25)17-8-3-2-4-9-17/h2-10,15,19H,11-14H2,1H3. The Morgan fingerprint density at radius 2 is 1.88 bits per heavy atom. The van der Waals surface area contributed by atoms with Crippen molar-refractivity contribution in [3.8, 4) is 11.4 Å². The average Bonchev–Trinajstić information content (AvgIpc) is 3.33. The van der Waals surface area contributed by atoms with Crippen molar-refractivity contribution < 1.29 is 4.79 Å². The van der Waals surface area contributed by atoms with Crippen LogP contribution in [0.15, 0.2) is 60.9 Å². The Balaban J connectivity index is 1.47. The molecule has 2 heterocycles. The highest BCUT2D eigenvalue weighted by Crippen LogP contribution is 2.27. The SMILES string of the molecule is Cc1ccccc1CC(=O)N1CCC(n2cnnc2-c2ccccc2)C1. The molecule has 1 aromatic heterocycles. The molecule has 26 heavy (non-hydrogen) atoms. The van der Waals surface area contributed by atoms with E-state index in [1.807, 2.05) is 53.4 Å². The van der Waals surface area contributed by atoms with E-state index in [-0.39, 0.29) is 11.9 Å². The smallest absolute Gasteiger partial charge is 0.227 e. The second kappa shape index (κ2) is 7.12. The molecule has 3 aromatic rings. The number of aromatic nitrogens is 3. The highest BCUT2D eigenvalue weighted by Gasteiger charge is 2.29. The fourth-order valence-electron chi connectivity index (χ4n) is 3.58. The van der Waals surface area contributed by atoms with E-state index in [1.165, 1.54) is 5.56 Å². The minimum absolute atomic E-state index is 0.191. The van der Waals surface area contributed by atoms with E-state index in [4.69, 9.17) is 0 Å². The zero-order valence-electron chi connectivity index (χ0n) is 14.9. The third-order valence-corrected chi connectivity index (χ3v) is 5.12. The lowest BCUT2D eigenvalue weighted by molar-refractivity contribution is -0.129. The van der Waals surface area contributed by atoms with E-state index in [2.05, 4.69) is 27.8 Å². The molecule has 5 heteroatoms. The molecule has 1 unspecified atom stereocenters. The van der Waals surface area contributed by atoms with Crippen LogP contribution in [0, 0.1) is 6.92 Å². The monoisotopic (exact) mass is 346 g/mol. The summed E-state index contributed by atoms with van der Waals surface area (Å²) in [7, 11) is 0. The number of amides is 1. The van der Waals surface area contributed by atoms with Gasteiger partial charge < -0.3 is 9.47 Å². The van der Waals surface area contributed by atoms with Crippen molar-refractivity contribution in [2.75, 3.05) is 13.1 Å². The number of carbonyl (C=O) groups is 1. The molecular formula is C21H22N4O. The Kier molecular flexibility index (Phi) is 4.52. The number of benzene rings is 2. The maximum absolute atomic E-state index is 12.7. The predicted octanol–water partition coefficient (Wildman–Crippen LogP) is 3.27. The highest BCUT2D eigenvalue weighted by atomic mass is 16.2. The fraction of sp³-hybridized carbons (Fsp3) is 0.286. The van der Waals surface area contributed by atoms with Gasteiger partial charge in [-0.1, -0.05) is 54.6 Å². The van der Waals surface area contributed by atoms with Gasteiger partial charge >= 0.3 is 0 Å². The van der Waals surface area contributed by atoms with Crippen LogP contribution in [0.25, 0.3) is 11.4 Å². The zero-order valence-corrected chi connectivity index (χ0v) is 14.9. The number of nitrogens with zero attached hydrogens (tertiary/aromatic N) is 4. The average molecular weight is 346 g/mol. The van der Waals surface area contributed by atoms with E-state index in [0.717, 1.165) is 29.9 Å².